The van der Waals surface area contributed by atoms with Crippen LogP contribution in [0.3, 0.4) is 0 Å². The molecule has 2 aromatic rings. The zero-order valence-corrected chi connectivity index (χ0v) is 11.0. The number of hydrogen-bond donors (Lipinski definition) is 2. The predicted octanol–water partition coefficient (Wildman–Crippen LogP) is 1.31. The van der Waals surface area contributed by atoms with E-state index in [1.165, 1.54) is 12.8 Å². The fourth-order valence-corrected chi connectivity index (χ4v) is 2.07. The number of aromatic nitrogens is 5. The van der Waals surface area contributed by atoms with Gasteiger partial charge in [0, 0.05) is 25.5 Å². The molecule has 7 heteroatoms. The Hall–Kier alpha value is -2.18. The minimum atomic E-state index is 0.488. The van der Waals surface area contributed by atoms with E-state index < -0.39 is 0 Å². The van der Waals surface area contributed by atoms with Crippen LogP contribution >= 0.6 is 0 Å². The quantitative estimate of drug-likeness (QED) is 0.842. The van der Waals surface area contributed by atoms with Crippen molar-refractivity contribution in [2.45, 2.75) is 25.8 Å². The van der Waals surface area contributed by atoms with Crippen LogP contribution in [-0.4, -0.2) is 37.8 Å². The van der Waals surface area contributed by atoms with Crippen LogP contribution in [0.25, 0.3) is 5.95 Å². The Morgan fingerprint density at radius 3 is 2.79 bits per heavy atom. The lowest BCUT2D eigenvalue weighted by atomic mass is 10.3. The third kappa shape index (κ3) is 2.49. The first-order chi connectivity index (χ1) is 9.30. The molecule has 1 aliphatic carbocycles. The molecule has 0 radical (unpaired) electrons. The Morgan fingerprint density at radius 1 is 1.32 bits per heavy atom. The van der Waals surface area contributed by atoms with Gasteiger partial charge in [-0.05, 0) is 18.4 Å². The summed E-state index contributed by atoms with van der Waals surface area (Å²) in [6, 6.07) is 2.33. The fourth-order valence-electron chi connectivity index (χ4n) is 2.07. The van der Waals surface area contributed by atoms with Crippen molar-refractivity contribution in [1.82, 2.24) is 24.7 Å². The maximum absolute atomic E-state index is 4.40. The molecule has 2 unspecified atom stereocenters. The molecule has 0 spiro atoms. The van der Waals surface area contributed by atoms with Gasteiger partial charge in [0.2, 0.25) is 11.9 Å². The number of hydrogen-bond acceptors (Lipinski definition) is 6. The Morgan fingerprint density at radius 2 is 2.16 bits per heavy atom. The van der Waals surface area contributed by atoms with Gasteiger partial charge in [-0.3, -0.25) is 0 Å². The topological polar surface area (TPSA) is 80.5 Å². The summed E-state index contributed by atoms with van der Waals surface area (Å²) < 4.78 is 1.62. The first-order valence-electron chi connectivity index (χ1n) is 6.50. The average molecular weight is 259 g/mol. The van der Waals surface area contributed by atoms with Crippen molar-refractivity contribution >= 4 is 11.9 Å². The van der Waals surface area contributed by atoms with Gasteiger partial charge >= 0.3 is 0 Å². The van der Waals surface area contributed by atoms with Gasteiger partial charge in [0.25, 0.3) is 5.95 Å². The molecule has 1 fully saturated rings. The van der Waals surface area contributed by atoms with Crippen LogP contribution < -0.4 is 10.6 Å². The second-order valence-electron chi connectivity index (χ2n) is 4.64. The van der Waals surface area contributed by atoms with Gasteiger partial charge in [-0.25, -0.2) is 4.68 Å². The average Bonchev–Trinajstić information content (AvgIpc) is 2.96. The van der Waals surface area contributed by atoms with Crippen LogP contribution in [-0.2, 0) is 0 Å². The molecular formula is C12H17N7. The van der Waals surface area contributed by atoms with Crippen molar-refractivity contribution < 1.29 is 0 Å². The van der Waals surface area contributed by atoms with Crippen LogP contribution in [0.1, 0.15) is 19.8 Å². The van der Waals surface area contributed by atoms with Crippen LogP contribution in [0.4, 0.5) is 11.9 Å². The van der Waals surface area contributed by atoms with Gasteiger partial charge in [-0.2, -0.15) is 20.1 Å². The highest BCUT2D eigenvalue weighted by Crippen LogP contribution is 2.35. The Kier molecular flexibility index (Phi) is 3.02. The summed E-state index contributed by atoms with van der Waals surface area (Å²) in [5, 5.41) is 10.4. The lowest BCUT2D eigenvalue weighted by molar-refractivity contribution is 0.764. The number of anilines is 2. The molecule has 19 heavy (non-hydrogen) atoms. The number of nitrogens with zero attached hydrogens (tertiary/aromatic N) is 5. The van der Waals surface area contributed by atoms with Crippen molar-refractivity contribution in [3.05, 3.63) is 18.5 Å². The van der Waals surface area contributed by atoms with Gasteiger partial charge in [0.05, 0.1) is 0 Å². The molecule has 1 saturated carbocycles. The Balaban J connectivity index is 1.85. The van der Waals surface area contributed by atoms with Crippen molar-refractivity contribution in [2.24, 2.45) is 5.92 Å². The SMILES string of the molecule is CCC1CC1Nc1nc(NC)nc(-n2cccn2)n1. The zero-order valence-electron chi connectivity index (χ0n) is 11.0. The van der Waals surface area contributed by atoms with E-state index in [0.717, 1.165) is 5.92 Å². The molecule has 3 rings (SSSR count). The van der Waals surface area contributed by atoms with Gasteiger partial charge in [0.1, 0.15) is 0 Å². The molecule has 2 atom stereocenters. The molecule has 7 nitrogen and oxygen atoms in total. The maximum atomic E-state index is 4.40. The third-order valence-electron chi connectivity index (χ3n) is 3.32. The molecule has 100 valence electrons. The second-order valence-corrected chi connectivity index (χ2v) is 4.64. The molecule has 0 saturated heterocycles. The number of nitrogens with one attached hydrogen (secondary N) is 2. The van der Waals surface area contributed by atoms with Gasteiger partial charge in [0.15, 0.2) is 0 Å². The summed E-state index contributed by atoms with van der Waals surface area (Å²) in [6.07, 6.45) is 5.89. The standard InChI is InChI=1S/C12H17N7/c1-3-8-7-9(8)15-11-16-10(13-2)17-12(18-11)19-6-4-5-14-19/h4-6,8-9H,3,7H2,1-2H3,(H2,13,15,16,17,18). The lowest BCUT2D eigenvalue weighted by Crippen LogP contribution is -2.13. The molecule has 0 amide bonds. The van der Waals surface area contributed by atoms with E-state index in [-0.39, 0.29) is 0 Å². The second kappa shape index (κ2) is 4.83. The molecule has 0 aliphatic heterocycles. The first kappa shape index (κ1) is 11.9. The highest BCUT2D eigenvalue weighted by Gasteiger charge is 2.35. The molecule has 2 N–H and O–H groups in total. The lowest BCUT2D eigenvalue weighted by Gasteiger charge is -2.08. The monoisotopic (exact) mass is 259 g/mol. The van der Waals surface area contributed by atoms with Crippen molar-refractivity contribution in [3.63, 3.8) is 0 Å². The molecule has 0 aromatic carbocycles. The molecular weight excluding hydrogens is 242 g/mol. The first-order valence-corrected chi connectivity index (χ1v) is 6.50. The summed E-state index contributed by atoms with van der Waals surface area (Å²) in [5.41, 5.74) is 0. The summed E-state index contributed by atoms with van der Waals surface area (Å²) >= 11 is 0. The molecule has 2 heterocycles. The fraction of sp³-hybridized carbons (Fsp3) is 0.500. The molecule has 2 aromatic heterocycles. The van der Waals surface area contributed by atoms with Crippen LogP contribution in [0.15, 0.2) is 18.5 Å². The Labute approximate surface area is 111 Å². The van der Waals surface area contributed by atoms with Gasteiger partial charge in [-0.15, -0.1) is 0 Å². The van der Waals surface area contributed by atoms with Crippen molar-refractivity contribution in [1.29, 1.82) is 0 Å². The van der Waals surface area contributed by atoms with E-state index in [1.54, 1.807) is 17.9 Å². The van der Waals surface area contributed by atoms with Crippen LogP contribution in [0.5, 0.6) is 0 Å². The third-order valence-corrected chi connectivity index (χ3v) is 3.32. The summed E-state index contributed by atoms with van der Waals surface area (Å²) in [7, 11) is 1.79. The van der Waals surface area contributed by atoms with E-state index >= 15 is 0 Å². The smallest absolute Gasteiger partial charge is 0.257 e. The summed E-state index contributed by atoms with van der Waals surface area (Å²) in [6.45, 7) is 2.20. The summed E-state index contributed by atoms with van der Waals surface area (Å²) in [5.74, 6) is 2.39. The van der Waals surface area contributed by atoms with Gasteiger partial charge < -0.3 is 10.6 Å². The van der Waals surface area contributed by atoms with E-state index in [9.17, 15) is 0 Å². The van der Waals surface area contributed by atoms with E-state index in [1.807, 2.05) is 12.3 Å². The summed E-state index contributed by atoms with van der Waals surface area (Å²) in [4.78, 5) is 13.0. The zero-order chi connectivity index (χ0) is 13.2. The minimum Gasteiger partial charge on any atom is -0.357 e. The predicted molar refractivity (Wildman–Crippen MR) is 72.3 cm³/mol. The number of rotatable bonds is 5. The van der Waals surface area contributed by atoms with Crippen molar-refractivity contribution in [2.75, 3.05) is 17.7 Å². The van der Waals surface area contributed by atoms with Crippen molar-refractivity contribution in [3.8, 4) is 5.95 Å². The minimum absolute atomic E-state index is 0.488. The molecule has 1 aliphatic rings. The van der Waals surface area contributed by atoms with Crippen LogP contribution in [0.2, 0.25) is 0 Å². The van der Waals surface area contributed by atoms with Gasteiger partial charge in [-0.1, -0.05) is 13.3 Å². The van der Waals surface area contributed by atoms with E-state index in [2.05, 4.69) is 37.6 Å². The highest BCUT2D eigenvalue weighted by molar-refractivity contribution is 5.39. The highest BCUT2D eigenvalue weighted by atomic mass is 15.4. The largest absolute Gasteiger partial charge is 0.357 e. The van der Waals surface area contributed by atoms with E-state index in [0.29, 0.717) is 23.9 Å². The Bertz CT molecular complexity index is 551. The normalized spacial score (nSPS) is 21.2. The molecule has 0 bridgehead atoms. The van der Waals surface area contributed by atoms with Crippen LogP contribution in [0, 0.1) is 5.92 Å². The van der Waals surface area contributed by atoms with E-state index in [4.69, 9.17) is 0 Å². The maximum Gasteiger partial charge on any atom is 0.257 e.